The average Bonchev–Trinajstić information content (AvgIpc) is 2.92. The highest BCUT2D eigenvalue weighted by molar-refractivity contribution is 7.94. The molecule has 1 fully saturated rings. The van der Waals surface area contributed by atoms with Gasteiger partial charge in [0.1, 0.15) is 5.75 Å². The Bertz CT molecular complexity index is 687. The number of nitrogens with one attached hydrogen (secondary N) is 1. The molecule has 0 aromatic carbocycles. The third kappa shape index (κ3) is 2.43. The Kier molecular flexibility index (Phi) is 2.94. The number of anilines is 1. The van der Waals surface area contributed by atoms with Crippen LogP contribution in [0.5, 0.6) is 5.75 Å². The molecule has 1 aliphatic carbocycles. The first-order valence-electron chi connectivity index (χ1n) is 5.58. The highest BCUT2D eigenvalue weighted by Crippen LogP contribution is 2.39. The van der Waals surface area contributed by atoms with Gasteiger partial charge in [0.15, 0.2) is 4.21 Å². The molecule has 19 heavy (non-hydrogen) atoms. The smallest absolute Gasteiger partial charge is 0.277 e. The van der Waals surface area contributed by atoms with Crippen molar-refractivity contribution in [1.82, 2.24) is 10.1 Å². The van der Waals surface area contributed by atoms with Gasteiger partial charge in [0, 0.05) is 5.92 Å². The van der Waals surface area contributed by atoms with E-state index in [0.717, 1.165) is 24.2 Å². The van der Waals surface area contributed by atoms with E-state index in [2.05, 4.69) is 14.9 Å². The van der Waals surface area contributed by atoms with Crippen molar-refractivity contribution in [3.05, 3.63) is 17.3 Å². The number of thiophene rings is 1. The van der Waals surface area contributed by atoms with Crippen molar-refractivity contribution in [3.8, 4) is 5.75 Å². The van der Waals surface area contributed by atoms with Crippen LogP contribution in [0.3, 0.4) is 0 Å². The van der Waals surface area contributed by atoms with Crippen LogP contribution in [-0.4, -0.2) is 25.7 Å². The van der Waals surface area contributed by atoms with E-state index in [1.807, 2.05) is 0 Å². The van der Waals surface area contributed by atoms with Crippen molar-refractivity contribution in [2.45, 2.75) is 23.0 Å². The normalized spacial score (nSPS) is 15.4. The highest BCUT2D eigenvalue weighted by Gasteiger charge is 2.31. The third-order valence-corrected chi connectivity index (χ3v) is 5.43. The fourth-order valence-electron chi connectivity index (χ4n) is 1.57. The minimum Gasteiger partial charge on any atom is -0.494 e. The van der Waals surface area contributed by atoms with Crippen molar-refractivity contribution in [2.75, 3.05) is 11.8 Å². The van der Waals surface area contributed by atoms with E-state index in [1.165, 1.54) is 7.11 Å². The summed E-state index contributed by atoms with van der Waals surface area (Å²) >= 11 is 1.06. The van der Waals surface area contributed by atoms with Crippen LogP contribution in [-0.2, 0) is 10.0 Å². The molecule has 1 N–H and O–H groups in total. The van der Waals surface area contributed by atoms with E-state index >= 15 is 0 Å². The standard InChI is InChI=1S/C10H11N3O4S2/c1-16-7-4-5-18-9(7)19(14,15)13-10-11-8(17-12-10)6-2-3-6/h4-6H,2-3H2,1H3,(H,12,13). The molecule has 0 unspecified atom stereocenters. The first-order chi connectivity index (χ1) is 9.10. The van der Waals surface area contributed by atoms with Crippen molar-refractivity contribution in [2.24, 2.45) is 0 Å². The lowest BCUT2D eigenvalue weighted by Crippen LogP contribution is -2.13. The van der Waals surface area contributed by atoms with Gasteiger partial charge in [-0.1, -0.05) is 0 Å². The van der Waals surface area contributed by atoms with E-state index < -0.39 is 10.0 Å². The molecule has 1 aliphatic rings. The molecule has 0 spiro atoms. The molecule has 9 heteroatoms. The van der Waals surface area contributed by atoms with Crippen molar-refractivity contribution in [1.29, 1.82) is 0 Å². The van der Waals surface area contributed by atoms with Crippen LogP contribution in [0, 0.1) is 0 Å². The van der Waals surface area contributed by atoms with Crippen molar-refractivity contribution in [3.63, 3.8) is 0 Å². The number of sulfonamides is 1. The lowest BCUT2D eigenvalue weighted by Gasteiger charge is -2.03. The maximum Gasteiger partial charge on any atom is 0.277 e. The van der Waals surface area contributed by atoms with E-state index in [4.69, 9.17) is 9.26 Å². The molecule has 1 saturated carbocycles. The van der Waals surface area contributed by atoms with Gasteiger partial charge in [0.05, 0.1) is 7.11 Å². The molecule has 0 saturated heterocycles. The zero-order valence-electron chi connectivity index (χ0n) is 9.99. The minimum atomic E-state index is -3.75. The van der Waals surface area contributed by atoms with E-state index in [9.17, 15) is 8.42 Å². The first-order valence-corrected chi connectivity index (χ1v) is 7.94. The highest BCUT2D eigenvalue weighted by atomic mass is 32.2. The molecule has 0 radical (unpaired) electrons. The van der Waals surface area contributed by atoms with Gasteiger partial charge in [-0.2, -0.15) is 4.98 Å². The van der Waals surface area contributed by atoms with Gasteiger partial charge >= 0.3 is 0 Å². The van der Waals surface area contributed by atoms with E-state index in [0.29, 0.717) is 11.6 Å². The molecule has 2 heterocycles. The van der Waals surface area contributed by atoms with Crippen molar-refractivity contribution >= 4 is 27.3 Å². The Labute approximate surface area is 113 Å². The second-order valence-electron chi connectivity index (χ2n) is 4.11. The number of aromatic nitrogens is 2. The third-order valence-electron chi connectivity index (χ3n) is 2.65. The zero-order valence-corrected chi connectivity index (χ0v) is 11.6. The van der Waals surface area contributed by atoms with Gasteiger partial charge < -0.3 is 9.26 Å². The largest absolute Gasteiger partial charge is 0.494 e. The van der Waals surface area contributed by atoms with Gasteiger partial charge in [-0.05, 0) is 29.4 Å². The fourth-order valence-corrected chi connectivity index (χ4v) is 3.78. The molecular formula is C10H11N3O4S2. The second kappa shape index (κ2) is 4.49. The summed E-state index contributed by atoms with van der Waals surface area (Å²) in [6, 6.07) is 1.59. The van der Waals surface area contributed by atoms with Gasteiger partial charge in [0.2, 0.25) is 5.89 Å². The lowest BCUT2D eigenvalue weighted by atomic mass is 10.4. The zero-order chi connectivity index (χ0) is 13.5. The number of hydrogen-bond acceptors (Lipinski definition) is 7. The van der Waals surface area contributed by atoms with Crippen LogP contribution in [0.1, 0.15) is 24.7 Å². The summed E-state index contributed by atoms with van der Waals surface area (Å²) in [6.07, 6.45) is 2.01. The maximum absolute atomic E-state index is 12.1. The average molecular weight is 301 g/mol. The van der Waals surface area contributed by atoms with Crippen LogP contribution in [0.4, 0.5) is 5.95 Å². The summed E-state index contributed by atoms with van der Waals surface area (Å²) in [7, 11) is -2.33. The minimum absolute atomic E-state index is 0.0441. The second-order valence-corrected chi connectivity index (χ2v) is 6.91. The van der Waals surface area contributed by atoms with Crippen LogP contribution in [0.25, 0.3) is 0 Å². The number of ether oxygens (including phenoxy) is 1. The molecule has 2 aromatic rings. The summed E-state index contributed by atoms with van der Waals surface area (Å²) in [4.78, 5) is 4.02. The van der Waals surface area contributed by atoms with Crippen LogP contribution in [0.15, 0.2) is 20.2 Å². The Hall–Kier alpha value is -1.61. The summed E-state index contributed by atoms with van der Waals surface area (Å²) in [6.45, 7) is 0. The van der Waals surface area contributed by atoms with Gasteiger partial charge in [-0.15, -0.1) is 11.3 Å². The Morgan fingerprint density at radius 1 is 1.53 bits per heavy atom. The lowest BCUT2D eigenvalue weighted by molar-refractivity contribution is 0.380. The van der Waals surface area contributed by atoms with E-state index in [-0.39, 0.29) is 16.1 Å². The Morgan fingerprint density at radius 2 is 2.32 bits per heavy atom. The number of nitrogens with zero attached hydrogens (tertiary/aromatic N) is 2. The van der Waals surface area contributed by atoms with Crippen LogP contribution < -0.4 is 9.46 Å². The van der Waals surface area contributed by atoms with Crippen molar-refractivity contribution < 1.29 is 17.7 Å². The molecule has 2 aromatic heterocycles. The summed E-state index contributed by atoms with van der Waals surface area (Å²) in [5.74, 6) is 1.01. The molecular weight excluding hydrogens is 290 g/mol. The molecule has 3 rings (SSSR count). The molecule has 0 bridgehead atoms. The summed E-state index contributed by atoms with van der Waals surface area (Å²) in [5.41, 5.74) is 0. The molecule has 0 aliphatic heterocycles. The number of rotatable bonds is 5. The summed E-state index contributed by atoms with van der Waals surface area (Å²) < 4.78 is 36.6. The SMILES string of the molecule is COc1ccsc1S(=O)(=O)Nc1noc(C2CC2)n1. The van der Waals surface area contributed by atoms with Gasteiger partial charge in [-0.3, -0.25) is 0 Å². The maximum atomic E-state index is 12.1. The van der Waals surface area contributed by atoms with E-state index in [1.54, 1.807) is 11.4 Å². The monoisotopic (exact) mass is 301 g/mol. The summed E-state index contributed by atoms with van der Waals surface area (Å²) in [5, 5.41) is 5.25. The van der Waals surface area contributed by atoms with Crippen LogP contribution in [0.2, 0.25) is 0 Å². The Balaban J connectivity index is 1.84. The molecule has 102 valence electrons. The van der Waals surface area contributed by atoms with Gasteiger partial charge in [-0.25, -0.2) is 13.1 Å². The van der Waals surface area contributed by atoms with Gasteiger partial charge in [0.25, 0.3) is 16.0 Å². The Morgan fingerprint density at radius 3 is 3.00 bits per heavy atom. The number of methoxy groups -OCH3 is 1. The first kappa shape index (κ1) is 12.4. The predicted octanol–water partition coefficient (Wildman–Crippen LogP) is 1.82. The van der Waals surface area contributed by atoms with Crippen LogP contribution >= 0.6 is 11.3 Å². The molecule has 0 atom stereocenters. The molecule has 0 amide bonds. The predicted molar refractivity (Wildman–Crippen MR) is 68.0 cm³/mol. The quantitative estimate of drug-likeness (QED) is 0.905. The topological polar surface area (TPSA) is 94.3 Å². The fraction of sp³-hybridized carbons (Fsp3) is 0.400. The number of hydrogen-bond donors (Lipinski definition) is 1. The molecule has 7 nitrogen and oxygen atoms in total.